The highest BCUT2D eigenvalue weighted by Crippen LogP contribution is 2.42. The third-order valence-corrected chi connectivity index (χ3v) is 4.47. The van der Waals surface area contributed by atoms with Crippen LogP contribution in [0.5, 0.6) is 0 Å². The minimum atomic E-state index is -2.65. The maximum atomic E-state index is 13.4. The van der Waals surface area contributed by atoms with Crippen molar-refractivity contribution >= 4 is 25.2 Å². The Bertz CT molecular complexity index is 771. The first-order valence-corrected chi connectivity index (χ1v) is 7.59. The smallest absolute Gasteiger partial charge is 0.319 e. The Balaban J connectivity index is 1.75. The van der Waals surface area contributed by atoms with Crippen molar-refractivity contribution < 1.29 is 27.8 Å². The molecule has 2 aromatic rings. The number of nitrogens with zero attached hydrogens (tertiary/aromatic N) is 4. The number of ether oxygens (including phenoxy) is 1. The minimum absolute atomic E-state index is 0.0358. The fourth-order valence-electron chi connectivity index (χ4n) is 2.62. The maximum absolute atomic E-state index is 13.4. The van der Waals surface area contributed by atoms with Gasteiger partial charge in [-0.15, -0.1) is 0 Å². The molecule has 10 nitrogen and oxygen atoms in total. The van der Waals surface area contributed by atoms with Crippen LogP contribution in [0.2, 0.25) is 0 Å². The van der Waals surface area contributed by atoms with Crippen molar-refractivity contribution in [2.45, 2.75) is 24.5 Å². The fraction of sp³-hybridized carbons (Fsp3) is 0.500. The number of aromatic nitrogens is 4. The third kappa shape index (κ3) is 2.02. The van der Waals surface area contributed by atoms with Crippen LogP contribution in [-0.2, 0) is 18.3 Å². The molecule has 5 atom stereocenters. The van der Waals surface area contributed by atoms with E-state index in [-0.39, 0.29) is 23.6 Å². The van der Waals surface area contributed by atoms with Crippen LogP contribution in [0.3, 0.4) is 0 Å². The summed E-state index contributed by atoms with van der Waals surface area (Å²) in [6, 6.07) is 0. The molecule has 118 valence electrons. The topological polar surface area (TPSA) is 135 Å². The summed E-state index contributed by atoms with van der Waals surface area (Å²) in [5.74, 6) is -0.115. The fourth-order valence-corrected chi connectivity index (χ4v) is 3.50. The first-order chi connectivity index (χ1) is 10.5. The normalized spacial score (nSPS) is 34.9. The predicted molar refractivity (Wildman–Crippen MR) is 69.4 cm³/mol. The molecule has 4 heterocycles. The van der Waals surface area contributed by atoms with Gasteiger partial charge in [0, 0.05) is 0 Å². The number of hydrogen-bond acceptors (Lipinski definition) is 9. The molecule has 2 saturated heterocycles. The molecular formula is C10H11FN5O5P. The Kier molecular flexibility index (Phi) is 3.13. The van der Waals surface area contributed by atoms with Crippen LogP contribution >= 0.6 is 8.25 Å². The summed E-state index contributed by atoms with van der Waals surface area (Å²) in [7, 11) is -2.65. The lowest BCUT2D eigenvalue weighted by Crippen LogP contribution is -2.37. The highest BCUT2D eigenvalue weighted by molar-refractivity contribution is 7.33. The standard InChI is InChI=1S/C10H11FN5O5P/c11-10-14-7(12)4-8(15-10)16(2-13-4)9-5(17)6-3(20-9)1-19-22(18)21-6/h2-3,5-6,9,17,22H,1H2,(H2,12,14,15)/t3-,5+,6-,9-/m1/s1. The van der Waals surface area contributed by atoms with Crippen LogP contribution in [0.1, 0.15) is 6.23 Å². The van der Waals surface area contributed by atoms with Crippen LogP contribution in [-0.4, -0.2) is 49.5 Å². The Hall–Kier alpha value is -1.65. The minimum Gasteiger partial charge on any atom is -0.386 e. The number of imidazole rings is 1. The molecule has 0 bridgehead atoms. The van der Waals surface area contributed by atoms with Crippen molar-refractivity contribution in [2.24, 2.45) is 0 Å². The first kappa shape index (κ1) is 14.0. The van der Waals surface area contributed by atoms with Crippen LogP contribution in [0.25, 0.3) is 11.2 Å². The number of aliphatic hydroxyl groups excluding tert-OH is 1. The molecule has 2 aliphatic rings. The molecule has 2 aliphatic heterocycles. The van der Waals surface area contributed by atoms with Crippen molar-refractivity contribution in [3.8, 4) is 0 Å². The molecule has 2 aromatic heterocycles. The number of halogens is 1. The Labute approximate surface area is 123 Å². The number of anilines is 1. The van der Waals surface area contributed by atoms with Gasteiger partial charge in [0.25, 0.3) is 0 Å². The van der Waals surface area contributed by atoms with Crippen molar-refractivity contribution in [2.75, 3.05) is 12.3 Å². The molecule has 2 fully saturated rings. The summed E-state index contributed by atoms with van der Waals surface area (Å²) in [5.41, 5.74) is 5.86. The van der Waals surface area contributed by atoms with E-state index in [9.17, 15) is 14.1 Å². The number of rotatable bonds is 1. The zero-order valence-corrected chi connectivity index (χ0v) is 11.9. The molecule has 0 aliphatic carbocycles. The summed E-state index contributed by atoms with van der Waals surface area (Å²) in [6.45, 7) is 0.0358. The number of hydrogen-bond donors (Lipinski definition) is 2. The van der Waals surface area contributed by atoms with Gasteiger partial charge in [-0.05, 0) is 0 Å². The third-order valence-electron chi connectivity index (χ3n) is 3.60. The van der Waals surface area contributed by atoms with E-state index in [1.807, 2.05) is 0 Å². The lowest BCUT2D eigenvalue weighted by molar-refractivity contribution is -0.0553. The van der Waals surface area contributed by atoms with Gasteiger partial charge >= 0.3 is 14.3 Å². The van der Waals surface area contributed by atoms with Crippen LogP contribution < -0.4 is 5.73 Å². The van der Waals surface area contributed by atoms with Gasteiger partial charge < -0.3 is 24.6 Å². The van der Waals surface area contributed by atoms with Gasteiger partial charge in [-0.25, -0.2) is 4.98 Å². The molecule has 12 heteroatoms. The van der Waals surface area contributed by atoms with Gasteiger partial charge in [-0.3, -0.25) is 9.13 Å². The van der Waals surface area contributed by atoms with Crippen molar-refractivity contribution in [3.63, 3.8) is 0 Å². The zero-order valence-electron chi connectivity index (χ0n) is 10.9. The van der Waals surface area contributed by atoms with Gasteiger partial charge in [0.05, 0.1) is 12.9 Å². The molecule has 1 unspecified atom stereocenters. The number of aliphatic hydroxyl groups is 1. The second-order valence-corrected chi connectivity index (χ2v) is 5.93. The molecule has 0 aromatic carbocycles. The number of nitrogens with two attached hydrogens (primary N) is 1. The quantitative estimate of drug-likeness (QED) is 0.529. The van der Waals surface area contributed by atoms with Crippen molar-refractivity contribution in [3.05, 3.63) is 12.4 Å². The molecule has 3 N–H and O–H groups in total. The lowest BCUT2D eigenvalue weighted by atomic mass is 10.1. The summed E-state index contributed by atoms with van der Waals surface area (Å²) in [5, 5.41) is 10.3. The largest absolute Gasteiger partial charge is 0.386 e. The van der Waals surface area contributed by atoms with E-state index >= 15 is 0 Å². The van der Waals surface area contributed by atoms with Crippen molar-refractivity contribution in [1.82, 2.24) is 19.5 Å². The van der Waals surface area contributed by atoms with Crippen LogP contribution in [0.15, 0.2) is 6.33 Å². The maximum Gasteiger partial charge on any atom is 0.319 e. The molecule has 0 saturated carbocycles. The predicted octanol–water partition coefficient (Wildman–Crippen LogP) is -0.389. The van der Waals surface area contributed by atoms with E-state index in [2.05, 4.69) is 15.0 Å². The molecule has 4 rings (SSSR count). The average molecular weight is 331 g/mol. The van der Waals surface area contributed by atoms with Crippen LogP contribution in [0.4, 0.5) is 10.2 Å². The molecule has 22 heavy (non-hydrogen) atoms. The van der Waals surface area contributed by atoms with Gasteiger partial charge in [0.2, 0.25) is 0 Å². The lowest BCUT2D eigenvalue weighted by Gasteiger charge is -2.24. The van der Waals surface area contributed by atoms with Gasteiger partial charge in [0.1, 0.15) is 18.3 Å². The molecular weight excluding hydrogens is 320 g/mol. The summed E-state index contributed by atoms with van der Waals surface area (Å²) in [6.07, 6.45) is -3.17. The summed E-state index contributed by atoms with van der Waals surface area (Å²) < 4.78 is 41.6. The van der Waals surface area contributed by atoms with Gasteiger partial charge in [0.15, 0.2) is 23.2 Å². The van der Waals surface area contributed by atoms with E-state index in [1.165, 1.54) is 10.9 Å². The highest BCUT2D eigenvalue weighted by Gasteiger charge is 2.49. The monoisotopic (exact) mass is 331 g/mol. The first-order valence-electron chi connectivity index (χ1n) is 6.37. The van der Waals surface area contributed by atoms with Crippen molar-refractivity contribution in [1.29, 1.82) is 0 Å². The molecule has 0 spiro atoms. The summed E-state index contributed by atoms with van der Waals surface area (Å²) in [4.78, 5) is 11.0. The van der Waals surface area contributed by atoms with E-state index in [0.29, 0.717) is 0 Å². The number of nitrogen functional groups attached to an aromatic ring is 1. The number of fused-ring (bicyclic) bond motifs is 2. The van der Waals surface area contributed by atoms with E-state index in [1.54, 1.807) is 0 Å². The van der Waals surface area contributed by atoms with E-state index in [4.69, 9.17) is 19.5 Å². The van der Waals surface area contributed by atoms with Gasteiger partial charge in [-0.2, -0.15) is 14.4 Å². The summed E-state index contributed by atoms with van der Waals surface area (Å²) >= 11 is 0. The second kappa shape index (κ2) is 4.93. The average Bonchev–Trinajstić information content (AvgIpc) is 3.01. The molecule has 0 radical (unpaired) electrons. The zero-order chi connectivity index (χ0) is 15.4. The SMILES string of the molecule is Nc1nc(F)nc2c1ncn2[C@@H]1O[C@@H]2CO[PH](=O)O[C@H]2[C@@H]1O. The Morgan fingerprint density at radius 2 is 2.32 bits per heavy atom. The second-order valence-electron chi connectivity index (χ2n) is 4.90. The Morgan fingerprint density at radius 3 is 3.14 bits per heavy atom. The van der Waals surface area contributed by atoms with Crippen LogP contribution in [0, 0.1) is 6.08 Å². The Morgan fingerprint density at radius 1 is 1.50 bits per heavy atom. The van der Waals surface area contributed by atoms with E-state index in [0.717, 1.165) is 0 Å². The van der Waals surface area contributed by atoms with Gasteiger partial charge in [-0.1, -0.05) is 0 Å². The van der Waals surface area contributed by atoms with E-state index < -0.39 is 38.9 Å². The highest BCUT2D eigenvalue weighted by atomic mass is 31.1. The molecule has 0 amide bonds.